The fraction of sp³-hybridized carbons (Fsp3) is 0. The molecule has 4 nitrogen and oxygen atoms in total. The molecule has 0 amide bonds. The maximum absolute atomic E-state index is 12.8. The Kier molecular flexibility index (Phi) is 3.56. The van der Waals surface area contributed by atoms with Gasteiger partial charge in [0.1, 0.15) is 5.82 Å². The number of halogens is 1. The van der Waals surface area contributed by atoms with Gasteiger partial charge in [-0.3, -0.25) is 0 Å². The Morgan fingerprint density at radius 2 is 2.27 bits per heavy atom. The molecule has 1 aromatic rings. The van der Waals surface area contributed by atoms with E-state index in [9.17, 15) is 9.18 Å². The van der Waals surface area contributed by atoms with Gasteiger partial charge in [0, 0.05) is 12.4 Å². The lowest BCUT2D eigenvalue weighted by molar-refractivity contribution is 0.0697. The lowest BCUT2D eigenvalue weighted by atomic mass is 10.2. The maximum atomic E-state index is 12.8. The first-order valence-corrected chi connectivity index (χ1v) is 4.10. The second-order valence-corrected chi connectivity index (χ2v) is 2.67. The van der Waals surface area contributed by atoms with Crippen LogP contribution in [0.4, 0.5) is 10.1 Å². The summed E-state index contributed by atoms with van der Waals surface area (Å²) < 4.78 is 12.8. The number of carboxylic acid groups (broad SMARTS) is 1. The Hall–Kier alpha value is -2.17. The highest BCUT2D eigenvalue weighted by Crippen LogP contribution is 2.16. The zero-order valence-electron chi connectivity index (χ0n) is 7.70. The predicted octanol–water partition coefficient (Wildman–Crippen LogP) is 2.10. The van der Waals surface area contributed by atoms with Gasteiger partial charge in [0.25, 0.3) is 0 Å². The molecule has 0 saturated carbocycles. The third kappa shape index (κ3) is 2.91. The second-order valence-electron chi connectivity index (χ2n) is 2.67. The Bertz CT molecular complexity index is 416. The largest absolute Gasteiger partial charge is 0.478 e. The van der Waals surface area contributed by atoms with Crippen LogP contribution in [0.1, 0.15) is 10.4 Å². The summed E-state index contributed by atoms with van der Waals surface area (Å²) in [5.41, 5.74) is 0.131. The molecule has 0 radical (unpaired) electrons. The number of allylic oxidation sites excluding steroid dienone is 1. The van der Waals surface area contributed by atoms with Crippen molar-refractivity contribution in [2.75, 3.05) is 5.32 Å². The number of anilines is 1. The van der Waals surface area contributed by atoms with E-state index in [0.717, 1.165) is 18.3 Å². The Morgan fingerprint density at radius 3 is 2.87 bits per heavy atom. The number of benzene rings is 1. The summed E-state index contributed by atoms with van der Waals surface area (Å²) in [5, 5.41) is 18.1. The number of rotatable bonds is 4. The van der Waals surface area contributed by atoms with Gasteiger partial charge in [-0.05, 0) is 24.3 Å². The van der Waals surface area contributed by atoms with Crippen molar-refractivity contribution < 1.29 is 14.3 Å². The normalized spacial score (nSPS) is 10.2. The average Bonchev–Trinajstić information content (AvgIpc) is 2.20. The fourth-order valence-electron chi connectivity index (χ4n) is 1.01. The zero-order chi connectivity index (χ0) is 11.3. The van der Waals surface area contributed by atoms with E-state index in [1.807, 2.05) is 0 Å². The van der Waals surface area contributed by atoms with Crippen LogP contribution in [0, 0.1) is 11.2 Å². The molecule has 1 aromatic carbocycles. The van der Waals surface area contributed by atoms with Gasteiger partial charge >= 0.3 is 5.97 Å². The van der Waals surface area contributed by atoms with Crippen molar-refractivity contribution in [2.45, 2.75) is 0 Å². The molecule has 0 bridgehead atoms. The molecule has 5 heteroatoms. The molecule has 0 spiro atoms. The van der Waals surface area contributed by atoms with Gasteiger partial charge in [-0.25, -0.2) is 9.18 Å². The van der Waals surface area contributed by atoms with E-state index >= 15 is 0 Å². The van der Waals surface area contributed by atoms with Crippen molar-refractivity contribution in [2.24, 2.45) is 0 Å². The molecule has 78 valence electrons. The number of hydrogen-bond acceptors (Lipinski definition) is 3. The van der Waals surface area contributed by atoms with E-state index in [-0.39, 0.29) is 11.3 Å². The smallest absolute Gasteiger partial charge is 0.337 e. The van der Waals surface area contributed by atoms with E-state index in [1.165, 1.54) is 18.3 Å². The number of aromatic carboxylic acids is 1. The summed E-state index contributed by atoms with van der Waals surface area (Å²) >= 11 is 0. The third-order valence-electron chi connectivity index (χ3n) is 1.64. The Balaban J connectivity index is 3.00. The van der Waals surface area contributed by atoms with Gasteiger partial charge in [0.05, 0.1) is 11.3 Å². The molecule has 0 fully saturated rings. The molecule has 1 rings (SSSR count). The molecule has 0 aromatic heterocycles. The molecule has 0 saturated heterocycles. The van der Waals surface area contributed by atoms with E-state index in [0.29, 0.717) is 0 Å². The van der Waals surface area contributed by atoms with Gasteiger partial charge in [0.2, 0.25) is 0 Å². The average molecular weight is 208 g/mol. The van der Waals surface area contributed by atoms with Crippen LogP contribution in [0.5, 0.6) is 0 Å². The minimum atomic E-state index is -1.21. The topological polar surface area (TPSA) is 73.2 Å². The highest BCUT2D eigenvalue weighted by atomic mass is 19.1. The molecule has 3 N–H and O–H groups in total. The van der Waals surface area contributed by atoms with Crippen molar-refractivity contribution in [3.63, 3.8) is 0 Å². The van der Waals surface area contributed by atoms with Crippen LogP contribution in [0.25, 0.3) is 0 Å². The Labute approximate surface area is 85.6 Å². The number of hydrogen-bond donors (Lipinski definition) is 3. The Morgan fingerprint density at radius 1 is 1.53 bits per heavy atom. The van der Waals surface area contributed by atoms with Crippen LogP contribution in [-0.2, 0) is 0 Å². The lowest BCUT2D eigenvalue weighted by Gasteiger charge is -2.04. The second kappa shape index (κ2) is 4.90. The van der Waals surface area contributed by atoms with Crippen molar-refractivity contribution in [1.29, 1.82) is 5.41 Å². The van der Waals surface area contributed by atoms with Crippen LogP contribution in [-0.4, -0.2) is 17.3 Å². The van der Waals surface area contributed by atoms with Gasteiger partial charge < -0.3 is 15.8 Å². The first kappa shape index (κ1) is 10.9. The summed E-state index contributed by atoms with van der Waals surface area (Å²) in [6.45, 7) is 0. The van der Waals surface area contributed by atoms with E-state index in [4.69, 9.17) is 10.5 Å². The van der Waals surface area contributed by atoms with Crippen LogP contribution in [0.15, 0.2) is 30.5 Å². The lowest BCUT2D eigenvalue weighted by Crippen LogP contribution is -2.02. The summed E-state index contributed by atoms with van der Waals surface area (Å²) in [5.74, 6) is -1.81. The van der Waals surface area contributed by atoms with E-state index in [1.54, 1.807) is 0 Å². The third-order valence-corrected chi connectivity index (χ3v) is 1.64. The fourth-order valence-corrected chi connectivity index (χ4v) is 1.01. The minimum absolute atomic E-state index is 0.148. The molecule has 0 atom stereocenters. The molecule has 0 aliphatic carbocycles. The quantitative estimate of drug-likeness (QED) is 0.663. The predicted molar refractivity (Wildman–Crippen MR) is 54.9 cm³/mol. The van der Waals surface area contributed by atoms with Crippen LogP contribution in [0.2, 0.25) is 0 Å². The van der Waals surface area contributed by atoms with Crippen molar-refractivity contribution >= 4 is 17.9 Å². The number of carbonyl (C=O) groups is 1. The van der Waals surface area contributed by atoms with Crippen LogP contribution in [0.3, 0.4) is 0 Å². The van der Waals surface area contributed by atoms with E-state index < -0.39 is 11.8 Å². The van der Waals surface area contributed by atoms with Crippen LogP contribution >= 0.6 is 0 Å². The first-order chi connectivity index (χ1) is 7.15. The molecule has 0 heterocycles. The molecule has 15 heavy (non-hydrogen) atoms. The summed E-state index contributed by atoms with van der Waals surface area (Å²) in [6, 6.07) is 3.42. The van der Waals surface area contributed by atoms with Gasteiger partial charge in [-0.1, -0.05) is 0 Å². The van der Waals surface area contributed by atoms with Crippen molar-refractivity contribution in [3.8, 4) is 0 Å². The first-order valence-electron chi connectivity index (χ1n) is 4.10. The highest BCUT2D eigenvalue weighted by Gasteiger charge is 2.09. The monoisotopic (exact) mass is 208 g/mol. The molecule has 0 unspecified atom stereocenters. The number of carboxylic acids is 1. The SMILES string of the molecule is N=C/C=C\Nc1ccc(F)cc1C(=O)O. The molecule has 0 aliphatic heterocycles. The van der Waals surface area contributed by atoms with Gasteiger partial charge in [-0.2, -0.15) is 0 Å². The van der Waals surface area contributed by atoms with E-state index in [2.05, 4.69) is 5.32 Å². The van der Waals surface area contributed by atoms with Crippen molar-refractivity contribution in [3.05, 3.63) is 41.9 Å². The summed E-state index contributed by atoms with van der Waals surface area (Å²) in [7, 11) is 0. The standard InChI is InChI=1S/C10H9FN2O2/c11-7-2-3-9(13-5-1-4-12)8(6-7)10(14)15/h1-6,12-13H,(H,14,15)/b5-1-,12-4?. The molecular weight excluding hydrogens is 199 g/mol. The maximum Gasteiger partial charge on any atom is 0.337 e. The van der Waals surface area contributed by atoms with Crippen molar-refractivity contribution in [1.82, 2.24) is 0 Å². The summed E-state index contributed by atoms with van der Waals surface area (Å²) in [4.78, 5) is 10.7. The van der Waals surface area contributed by atoms with Crippen LogP contribution < -0.4 is 5.32 Å². The highest BCUT2D eigenvalue weighted by molar-refractivity contribution is 5.94. The van der Waals surface area contributed by atoms with Gasteiger partial charge in [0.15, 0.2) is 0 Å². The van der Waals surface area contributed by atoms with Gasteiger partial charge in [-0.15, -0.1) is 0 Å². The molecular formula is C10H9FN2O2. The summed E-state index contributed by atoms with van der Waals surface area (Å²) in [6.07, 6.45) is 3.82. The molecule has 0 aliphatic rings. The minimum Gasteiger partial charge on any atom is -0.478 e. The zero-order valence-corrected chi connectivity index (χ0v) is 7.70. The number of nitrogens with one attached hydrogen (secondary N) is 2.